The van der Waals surface area contributed by atoms with Crippen LogP contribution in [-0.4, -0.2) is 6.17 Å². The standard InChI is InChI=1S/C15H29F/c1-10(2)14-8-6-7-13(12(5)16)9-15(14)11(3)4/h10-15H,6-9H2,1-5H3. The van der Waals surface area contributed by atoms with Crippen molar-refractivity contribution < 1.29 is 4.39 Å². The third-order valence-corrected chi connectivity index (χ3v) is 4.60. The highest BCUT2D eigenvalue weighted by molar-refractivity contribution is 4.83. The maximum atomic E-state index is 13.5. The first kappa shape index (κ1) is 14.0. The van der Waals surface area contributed by atoms with Crippen molar-refractivity contribution in [3.8, 4) is 0 Å². The first-order valence-corrected chi connectivity index (χ1v) is 7.07. The van der Waals surface area contributed by atoms with E-state index in [0.29, 0.717) is 11.8 Å². The summed E-state index contributed by atoms with van der Waals surface area (Å²) in [6.07, 6.45) is 4.13. The quantitative estimate of drug-likeness (QED) is 0.591. The van der Waals surface area contributed by atoms with Crippen LogP contribution in [0.25, 0.3) is 0 Å². The summed E-state index contributed by atoms with van der Waals surface area (Å²) in [5.41, 5.74) is 0. The van der Waals surface area contributed by atoms with Gasteiger partial charge in [-0.05, 0) is 55.8 Å². The van der Waals surface area contributed by atoms with E-state index in [-0.39, 0.29) is 0 Å². The molecule has 0 amide bonds. The predicted molar refractivity (Wildman–Crippen MR) is 69.2 cm³/mol. The number of alkyl halides is 1. The second kappa shape index (κ2) is 6.02. The Bertz CT molecular complexity index is 196. The summed E-state index contributed by atoms with van der Waals surface area (Å²) in [5.74, 6) is 3.30. The van der Waals surface area contributed by atoms with Gasteiger partial charge < -0.3 is 0 Å². The van der Waals surface area contributed by atoms with Crippen molar-refractivity contribution in [2.45, 2.75) is 66.5 Å². The van der Waals surface area contributed by atoms with E-state index in [2.05, 4.69) is 27.7 Å². The van der Waals surface area contributed by atoms with Gasteiger partial charge in [-0.3, -0.25) is 0 Å². The molecule has 1 saturated carbocycles. The SMILES string of the molecule is CC(C)C1CCCC(C(C)F)CC1C(C)C. The lowest BCUT2D eigenvalue weighted by Gasteiger charge is -2.33. The fourth-order valence-corrected chi connectivity index (χ4v) is 3.48. The van der Waals surface area contributed by atoms with Crippen LogP contribution in [0.15, 0.2) is 0 Å². The van der Waals surface area contributed by atoms with E-state index >= 15 is 0 Å². The van der Waals surface area contributed by atoms with Gasteiger partial charge in [-0.15, -0.1) is 0 Å². The van der Waals surface area contributed by atoms with Crippen LogP contribution in [0, 0.1) is 29.6 Å². The van der Waals surface area contributed by atoms with Crippen molar-refractivity contribution in [3.05, 3.63) is 0 Å². The van der Waals surface area contributed by atoms with E-state index in [1.807, 2.05) is 0 Å². The Kier molecular flexibility index (Phi) is 5.27. The van der Waals surface area contributed by atoms with Crippen LogP contribution in [0.3, 0.4) is 0 Å². The zero-order chi connectivity index (χ0) is 12.3. The molecule has 0 aromatic heterocycles. The van der Waals surface area contributed by atoms with E-state index in [0.717, 1.165) is 30.6 Å². The number of hydrogen-bond acceptors (Lipinski definition) is 0. The van der Waals surface area contributed by atoms with Gasteiger partial charge in [0, 0.05) is 0 Å². The van der Waals surface area contributed by atoms with Crippen molar-refractivity contribution in [2.75, 3.05) is 0 Å². The highest BCUT2D eigenvalue weighted by Gasteiger charge is 2.33. The van der Waals surface area contributed by atoms with Crippen LogP contribution in [0.5, 0.6) is 0 Å². The molecule has 0 bridgehead atoms. The average Bonchev–Trinajstić information content (AvgIpc) is 2.38. The molecular formula is C15H29F. The molecule has 1 fully saturated rings. The summed E-state index contributed by atoms with van der Waals surface area (Å²) < 4.78 is 13.5. The molecule has 4 atom stereocenters. The molecule has 1 aliphatic rings. The second-order valence-electron chi connectivity index (χ2n) is 6.42. The molecule has 0 heterocycles. The highest BCUT2D eigenvalue weighted by atomic mass is 19.1. The lowest BCUT2D eigenvalue weighted by atomic mass is 9.73. The van der Waals surface area contributed by atoms with Gasteiger partial charge in [0.15, 0.2) is 0 Å². The molecule has 0 saturated heterocycles. The minimum atomic E-state index is -0.618. The fourth-order valence-electron chi connectivity index (χ4n) is 3.48. The average molecular weight is 228 g/mol. The van der Waals surface area contributed by atoms with Gasteiger partial charge in [0.05, 0.1) is 0 Å². The largest absolute Gasteiger partial charge is 0.247 e. The molecule has 1 rings (SSSR count). The molecule has 0 radical (unpaired) electrons. The van der Waals surface area contributed by atoms with Crippen molar-refractivity contribution in [3.63, 3.8) is 0 Å². The number of hydrogen-bond donors (Lipinski definition) is 0. The molecule has 0 spiro atoms. The normalized spacial score (nSPS) is 34.1. The Hall–Kier alpha value is -0.0700. The van der Waals surface area contributed by atoms with Gasteiger partial charge in [0.25, 0.3) is 0 Å². The minimum Gasteiger partial charge on any atom is -0.247 e. The molecule has 16 heavy (non-hydrogen) atoms. The Morgan fingerprint density at radius 2 is 1.44 bits per heavy atom. The van der Waals surface area contributed by atoms with Crippen molar-refractivity contribution in [1.82, 2.24) is 0 Å². The Morgan fingerprint density at radius 1 is 0.875 bits per heavy atom. The summed E-state index contributed by atoms with van der Waals surface area (Å²) >= 11 is 0. The van der Waals surface area contributed by atoms with Crippen molar-refractivity contribution in [1.29, 1.82) is 0 Å². The van der Waals surface area contributed by atoms with Gasteiger partial charge in [-0.25, -0.2) is 4.39 Å². The zero-order valence-corrected chi connectivity index (χ0v) is 11.7. The summed E-state index contributed by atoms with van der Waals surface area (Å²) in [6, 6.07) is 0. The van der Waals surface area contributed by atoms with Gasteiger partial charge in [0.1, 0.15) is 6.17 Å². The van der Waals surface area contributed by atoms with Gasteiger partial charge in [-0.2, -0.15) is 0 Å². The molecule has 0 aromatic carbocycles. The minimum absolute atomic E-state index is 0.316. The maximum Gasteiger partial charge on any atom is 0.100 e. The van der Waals surface area contributed by atoms with Gasteiger partial charge in [-0.1, -0.05) is 34.1 Å². The van der Waals surface area contributed by atoms with Crippen LogP contribution < -0.4 is 0 Å². The Balaban J connectivity index is 2.75. The van der Waals surface area contributed by atoms with E-state index in [1.165, 1.54) is 12.8 Å². The maximum absolute atomic E-state index is 13.5. The lowest BCUT2D eigenvalue weighted by molar-refractivity contribution is 0.144. The Labute approximate surface area is 101 Å². The molecule has 96 valence electrons. The summed E-state index contributed by atoms with van der Waals surface area (Å²) in [7, 11) is 0. The molecule has 0 nitrogen and oxygen atoms in total. The van der Waals surface area contributed by atoms with Crippen LogP contribution in [-0.2, 0) is 0 Å². The van der Waals surface area contributed by atoms with Crippen molar-refractivity contribution >= 4 is 0 Å². The summed E-state index contributed by atoms with van der Waals surface area (Å²) in [4.78, 5) is 0. The molecule has 0 aromatic rings. The van der Waals surface area contributed by atoms with E-state index in [9.17, 15) is 4.39 Å². The third kappa shape index (κ3) is 3.46. The molecule has 1 heteroatoms. The van der Waals surface area contributed by atoms with Gasteiger partial charge in [0.2, 0.25) is 0 Å². The van der Waals surface area contributed by atoms with Crippen LogP contribution in [0.1, 0.15) is 60.3 Å². The van der Waals surface area contributed by atoms with E-state index in [1.54, 1.807) is 6.92 Å². The van der Waals surface area contributed by atoms with E-state index < -0.39 is 6.17 Å². The van der Waals surface area contributed by atoms with E-state index in [4.69, 9.17) is 0 Å². The molecular weight excluding hydrogens is 199 g/mol. The second-order valence-corrected chi connectivity index (χ2v) is 6.42. The monoisotopic (exact) mass is 228 g/mol. The van der Waals surface area contributed by atoms with Crippen LogP contribution in [0.4, 0.5) is 4.39 Å². The van der Waals surface area contributed by atoms with Crippen LogP contribution >= 0.6 is 0 Å². The smallest absolute Gasteiger partial charge is 0.100 e. The predicted octanol–water partition coefficient (Wildman–Crippen LogP) is 5.08. The number of halogens is 1. The molecule has 4 unspecified atom stereocenters. The Morgan fingerprint density at radius 3 is 1.88 bits per heavy atom. The molecule has 1 aliphatic carbocycles. The summed E-state index contributed by atoms with van der Waals surface area (Å²) in [5, 5.41) is 0. The lowest BCUT2D eigenvalue weighted by Crippen LogP contribution is -2.26. The first-order valence-electron chi connectivity index (χ1n) is 7.07. The van der Waals surface area contributed by atoms with Crippen LogP contribution in [0.2, 0.25) is 0 Å². The molecule has 0 N–H and O–H groups in total. The third-order valence-electron chi connectivity index (χ3n) is 4.60. The first-order chi connectivity index (χ1) is 7.43. The summed E-state index contributed by atoms with van der Waals surface area (Å²) in [6.45, 7) is 11.0. The zero-order valence-electron chi connectivity index (χ0n) is 11.7. The topological polar surface area (TPSA) is 0 Å². The fraction of sp³-hybridized carbons (Fsp3) is 1.00. The number of rotatable bonds is 3. The molecule has 0 aliphatic heterocycles. The van der Waals surface area contributed by atoms with Gasteiger partial charge >= 0.3 is 0 Å². The highest BCUT2D eigenvalue weighted by Crippen LogP contribution is 2.41. The van der Waals surface area contributed by atoms with Crippen molar-refractivity contribution in [2.24, 2.45) is 29.6 Å².